The summed E-state index contributed by atoms with van der Waals surface area (Å²) in [6.45, 7) is 0. The fourth-order valence-corrected chi connectivity index (χ4v) is 0.0915. The molecule has 0 spiro atoms. The zero-order valence-corrected chi connectivity index (χ0v) is 5.08. The van der Waals surface area contributed by atoms with Crippen LogP contribution in [0.4, 0.5) is 0 Å². The van der Waals surface area contributed by atoms with E-state index in [1.165, 1.54) is 0 Å². The van der Waals surface area contributed by atoms with E-state index < -0.39 is 17.7 Å². The summed E-state index contributed by atoms with van der Waals surface area (Å²) in [4.78, 5) is 28.5. The van der Waals surface area contributed by atoms with Gasteiger partial charge in [-0.05, 0) is 0 Å². The van der Waals surface area contributed by atoms with Gasteiger partial charge in [0.25, 0.3) is 0 Å². The van der Waals surface area contributed by atoms with Crippen molar-refractivity contribution in [3.8, 4) is 0 Å². The second kappa shape index (κ2) is 4.05. The van der Waals surface area contributed by atoms with Crippen LogP contribution >= 0.6 is 0 Å². The minimum atomic E-state index is -1.95. The van der Waals surface area contributed by atoms with E-state index in [1.54, 1.807) is 0 Å². The van der Waals surface area contributed by atoms with E-state index in [2.05, 4.69) is 0 Å². The van der Waals surface area contributed by atoms with Gasteiger partial charge < -0.3 is 10.2 Å². The molecule has 0 aromatic heterocycles. The Morgan fingerprint density at radius 3 is 1.11 bits per heavy atom. The largest absolute Gasteiger partial charge is 0.475 e. The van der Waals surface area contributed by atoms with Crippen LogP contribution in [0.5, 0.6) is 0 Å². The molecule has 0 aliphatic heterocycles. The topological polar surface area (TPSA) is 91.7 Å². The van der Waals surface area contributed by atoms with Crippen LogP contribution in [0.1, 0.15) is 0 Å². The molecular formula is C3H2FeO5. The Kier molecular flexibility index (Phi) is 4.95. The Morgan fingerprint density at radius 2 is 1.11 bits per heavy atom. The maximum atomic E-state index is 9.64. The van der Waals surface area contributed by atoms with Crippen molar-refractivity contribution in [2.45, 2.75) is 0 Å². The van der Waals surface area contributed by atoms with Crippen molar-refractivity contribution in [1.29, 1.82) is 0 Å². The fourth-order valence-electron chi connectivity index (χ4n) is 0.0915. The second-order valence-electron chi connectivity index (χ2n) is 0.939. The average molecular weight is 174 g/mol. The third kappa shape index (κ3) is 3.69. The number of Topliss-reactive ketones (excluding diaryl/α,β-unsaturated/α-hetero) is 1. The molecule has 0 atom stereocenters. The number of carboxylic acids is 2. The number of carbonyl (C=O) groups is 3. The summed E-state index contributed by atoms with van der Waals surface area (Å²) < 4.78 is 0. The van der Waals surface area contributed by atoms with Crippen LogP contribution in [-0.2, 0) is 31.5 Å². The number of ketones is 1. The summed E-state index contributed by atoms with van der Waals surface area (Å²) >= 11 is 0. The number of hydrogen-bond acceptors (Lipinski definition) is 3. The molecule has 0 unspecified atom stereocenters. The van der Waals surface area contributed by atoms with Gasteiger partial charge in [-0.3, -0.25) is 4.79 Å². The number of hydrogen-bond donors (Lipinski definition) is 2. The molecule has 5 nitrogen and oxygen atoms in total. The van der Waals surface area contributed by atoms with Crippen LogP contribution in [0.3, 0.4) is 0 Å². The van der Waals surface area contributed by atoms with Gasteiger partial charge in [0.2, 0.25) is 0 Å². The first-order chi connectivity index (χ1) is 3.55. The van der Waals surface area contributed by atoms with Crippen molar-refractivity contribution in [1.82, 2.24) is 0 Å². The van der Waals surface area contributed by atoms with Crippen LogP contribution in [-0.4, -0.2) is 27.9 Å². The molecule has 0 amide bonds. The van der Waals surface area contributed by atoms with E-state index >= 15 is 0 Å². The molecule has 0 saturated heterocycles. The molecule has 0 radical (unpaired) electrons. The molecule has 0 fully saturated rings. The van der Waals surface area contributed by atoms with E-state index in [0.29, 0.717) is 0 Å². The van der Waals surface area contributed by atoms with Crippen LogP contribution < -0.4 is 0 Å². The number of carbonyl (C=O) groups excluding carboxylic acids is 1. The van der Waals surface area contributed by atoms with Crippen LogP contribution in [0.15, 0.2) is 0 Å². The van der Waals surface area contributed by atoms with Crippen molar-refractivity contribution >= 4 is 17.7 Å². The van der Waals surface area contributed by atoms with Crippen molar-refractivity contribution < 1.29 is 41.7 Å². The van der Waals surface area contributed by atoms with E-state index in [4.69, 9.17) is 10.2 Å². The summed E-state index contributed by atoms with van der Waals surface area (Å²) in [7, 11) is 0. The monoisotopic (exact) mass is 174 g/mol. The summed E-state index contributed by atoms with van der Waals surface area (Å²) in [5.41, 5.74) is 0. The van der Waals surface area contributed by atoms with Crippen LogP contribution in [0.25, 0.3) is 0 Å². The van der Waals surface area contributed by atoms with E-state index in [9.17, 15) is 14.4 Å². The normalized spacial score (nSPS) is 7.11. The summed E-state index contributed by atoms with van der Waals surface area (Å²) in [5.74, 6) is -5.71. The molecule has 0 bridgehead atoms. The smallest absolute Gasteiger partial charge is 0.384 e. The first-order valence-corrected chi connectivity index (χ1v) is 1.56. The molecular weight excluding hydrogens is 172 g/mol. The Hall–Kier alpha value is -0.871. The summed E-state index contributed by atoms with van der Waals surface area (Å²) in [5, 5.41) is 15.2. The van der Waals surface area contributed by atoms with Crippen molar-refractivity contribution in [3.05, 3.63) is 0 Å². The Morgan fingerprint density at radius 1 is 0.889 bits per heavy atom. The maximum Gasteiger partial charge on any atom is 0.384 e. The number of carboxylic acid groups (broad SMARTS) is 2. The van der Waals surface area contributed by atoms with Gasteiger partial charge in [0.1, 0.15) is 0 Å². The summed E-state index contributed by atoms with van der Waals surface area (Å²) in [6, 6.07) is 0. The van der Waals surface area contributed by atoms with Gasteiger partial charge in [0.15, 0.2) is 0 Å². The second-order valence-corrected chi connectivity index (χ2v) is 0.939. The molecule has 0 aliphatic carbocycles. The molecule has 0 aromatic rings. The standard InChI is InChI=1S/C3H2O5.Fe/c4-1(2(5)6)3(7)8;/h(H,5,6)(H,7,8);. The quantitative estimate of drug-likeness (QED) is 0.309. The number of aliphatic carboxylic acids is 2. The Bertz CT molecular complexity index is 134. The van der Waals surface area contributed by atoms with Gasteiger partial charge >= 0.3 is 17.7 Å². The van der Waals surface area contributed by atoms with Gasteiger partial charge in [0.05, 0.1) is 0 Å². The zero-order chi connectivity index (χ0) is 6.73. The average Bonchev–Trinajstić information content (AvgIpc) is 1.64. The first-order valence-electron chi connectivity index (χ1n) is 1.56. The van der Waals surface area contributed by atoms with Crippen LogP contribution in [0.2, 0.25) is 0 Å². The zero-order valence-electron chi connectivity index (χ0n) is 3.97. The summed E-state index contributed by atoms with van der Waals surface area (Å²) in [6.07, 6.45) is 0. The Balaban J connectivity index is 0. The molecule has 0 aliphatic rings. The predicted molar refractivity (Wildman–Crippen MR) is 20.3 cm³/mol. The van der Waals surface area contributed by atoms with E-state index in [-0.39, 0.29) is 17.1 Å². The molecule has 6 heteroatoms. The third-order valence-electron chi connectivity index (χ3n) is 0.388. The maximum absolute atomic E-state index is 9.64. The van der Waals surface area contributed by atoms with Crippen molar-refractivity contribution in [3.63, 3.8) is 0 Å². The van der Waals surface area contributed by atoms with Gasteiger partial charge in [0, 0.05) is 17.1 Å². The molecule has 0 heterocycles. The Labute approximate surface area is 60.1 Å². The van der Waals surface area contributed by atoms with E-state index in [0.717, 1.165) is 0 Å². The minimum Gasteiger partial charge on any atom is -0.475 e. The molecule has 9 heavy (non-hydrogen) atoms. The van der Waals surface area contributed by atoms with Crippen LogP contribution in [0, 0.1) is 0 Å². The first kappa shape index (κ1) is 11.0. The van der Waals surface area contributed by atoms with Gasteiger partial charge in [-0.25, -0.2) is 9.59 Å². The van der Waals surface area contributed by atoms with Crippen molar-refractivity contribution in [2.24, 2.45) is 0 Å². The molecule has 52 valence electrons. The molecule has 2 N–H and O–H groups in total. The third-order valence-corrected chi connectivity index (χ3v) is 0.388. The SMILES string of the molecule is O=C(O)C(=O)C(=O)O.[Fe]. The predicted octanol–water partition coefficient (Wildman–Crippen LogP) is -1.28. The molecule has 0 aromatic carbocycles. The fraction of sp³-hybridized carbons (Fsp3) is 0. The number of rotatable bonds is 2. The minimum absolute atomic E-state index is 0. The van der Waals surface area contributed by atoms with Gasteiger partial charge in [-0.1, -0.05) is 0 Å². The van der Waals surface area contributed by atoms with Crippen molar-refractivity contribution in [2.75, 3.05) is 0 Å². The molecule has 0 rings (SSSR count). The van der Waals surface area contributed by atoms with Gasteiger partial charge in [-0.15, -0.1) is 0 Å². The van der Waals surface area contributed by atoms with E-state index in [1.807, 2.05) is 0 Å². The van der Waals surface area contributed by atoms with Gasteiger partial charge in [-0.2, -0.15) is 0 Å². The molecule has 0 saturated carbocycles.